The molecule has 0 spiro atoms. The van der Waals surface area contributed by atoms with Gasteiger partial charge in [0.2, 0.25) is 11.1 Å². The van der Waals surface area contributed by atoms with E-state index in [-0.39, 0.29) is 11.7 Å². The summed E-state index contributed by atoms with van der Waals surface area (Å²) in [4.78, 5) is 11.6. The van der Waals surface area contributed by atoms with E-state index in [1.54, 1.807) is 26.0 Å². The summed E-state index contributed by atoms with van der Waals surface area (Å²) >= 11 is 1.26. The highest BCUT2D eigenvalue weighted by molar-refractivity contribution is 7.99. The molecule has 0 atom stereocenters. The molecule has 0 unspecified atom stereocenters. The Balaban J connectivity index is 2.35. The second-order valence-corrected chi connectivity index (χ2v) is 4.97. The summed E-state index contributed by atoms with van der Waals surface area (Å²) in [5.74, 6) is 0.179. The molecule has 9 nitrogen and oxygen atoms in total. The Hall–Kier alpha value is -1.23. The molecule has 0 aromatic carbocycles. The number of carbonyl (C=O) groups is 1. The van der Waals surface area contributed by atoms with Crippen LogP contribution in [0.4, 0.5) is 0 Å². The van der Waals surface area contributed by atoms with E-state index in [2.05, 4.69) is 20.8 Å². The molecule has 1 aromatic heterocycles. The Kier molecular flexibility index (Phi) is 8.90. The maximum absolute atomic E-state index is 11.6. The van der Waals surface area contributed by atoms with Gasteiger partial charge < -0.3 is 19.5 Å². The molecule has 120 valence electrons. The minimum absolute atomic E-state index is 0.0688. The second-order valence-electron chi connectivity index (χ2n) is 4.03. The minimum atomic E-state index is -0.435. The lowest BCUT2D eigenvalue weighted by atomic mass is 10.4. The highest BCUT2D eigenvalue weighted by Crippen LogP contribution is 2.13. The van der Waals surface area contributed by atoms with E-state index in [0.717, 1.165) is 6.42 Å². The molecule has 1 amide bonds. The van der Waals surface area contributed by atoms with E-state index in [0.29, 0.717) is 24.9 Å². The number of nitrogens with zero attached hydrogens (tertiary/aromatic N) is 4. The number of thioether (sulfide) groups is 1. The Bertz CT molecular complexity index is 413. The fourth-order valence-corrected chi connectivity index (χ4v) is 2.14. The molecule has 10 heteroatoms. The van der Waals surface area contributed by atoms with E-state index in [1.807, 2.05) is 0 Å². The molecule has 0 bridgehead atoms. The minimum Gasteiger partial charge on any atom is -0.385 e. The van der Waals surface area contributed by atoms with Crippen molar-refractivity contribution in [2.24, 2.45) is 0 Å². The summed E-state index contributed by atoms with van der Waals surface area (Å²) in [5.41, 5.74) is 0. The molecule has 1 rings (SSSR count). The van der Waals surface area contributed by atoms with Gasteiger partial charge in [0.25, 0.3) is 0 Å². The van der Waals surface area contributed by atoms with Gasteiger partial charge in [-0.05, 0) is 16.8 Å². The molecule has 0 aliphatic rings. The fraction of sp³-hybridized carbons (Fsp3) is 0.818. The molecule has 1 aromatic rings. The quantitative estimate of drug-likeness (QED) is 0.332. The van der Waals surface area contributed by atoms with E-state index >= 15 is 0 Å². The van der Waals surface area contributed by atoms with Crippen LogP contribution in [0.15, 0.2) is 5.16 Å². The van der Waals surface area contributed by atoms with Gasteiger partial charge in [0.15, 0.2) is 6.29 Å². The predicted octanol–water partition coefficient (Wildman–Crippen LogP) is -0.463. The van der Waals surface area contributed by atoms with Gasteiger partial charge in [0.05, 0.1) is 12.3 Å². The van der Waals surface area contributed by atoms with Crippen LogP contribution in [0.3, 0.4) is 0 Å². The number of amides is 1. The number of tetrazole rings is 1. The van der Waals surface area contributed by atoms with Crippen molar-refractivity contribution in [3.8, 4) is 0 Å². The summed E-state index contributed by atoms with van der Waals surface area (Å²) < 4.78 is 16.6. The van der Waals surface area contributed by atoms with E-state index in [4.69, 9.17) is 14.2 Å². The van der Waals surface area contributed by atoms with Gasteiger partial charge >= 0.3 is 0 Å². The van der Waals surface area contributed by atoms with Crippen molar-refractivity contribution in [1.82, 2.24) is 25.5 Å². The molecule has 0 aliphatic heterocycles. The summed E-state index contributed by atoms with van der Waals surface area (Å²) in [7, 11) is 4.71. The number of hydrogen-bond acceptors (Lipinski definition) is 8. The standard InChI is InChI=1S/C11H21N5O4S/c1-18-6-4-5-12-9(17)8-21-11-13-14-15-16(11)7-10(19-2)20-3/h10H,4-8H2,1-3H3,(H,12,17). The molecule has 0 radical (unpaired) electrons. The maximum Gasteiger partial charge on any atom is 0.230 e. The molecule has 1 N–H and O–H groups in total. The van der Waals surface area contributed by atoms with Gasteiger partial charge in [-0.15, -0.1) is 5.10 Å². The molecular formula is C11H21N5O4S. The van der Waals surface area contributed by atoms with Gasteiger partial charge in [0.1, 0.15) is 0 Å². The number of hydrogen-bond donors (Lipinski definition) is 1. The predicted molar refractivity (Wildman–Crippen MR) is 75.8 cm³/mol. The van der Waals surface area contributed by atoms with Gasteiger partial charge in [-0.3, -0.25) is 4.79 Å². The van der Waals surface area contributed by atoms with Crippen LogP contribution in [0.1, 0.15) is 6.42 Å². The van der Waals surface area contributed by atoms with Crippen molar-refractivity contribution in [3.05, 3.63) is 0 Å². The van der Waals surface area contributed by atoms with E-state index in [1.165, 1.54) is 11.8 Å². The van der Waals surface area contributed by atoms with E-state index < -0.39 is 6.29 Å². The van der Waals surface area contributed by atoms with E-state index in [9.17, 15) is 4.79 Å². The lowest BCUT2D eigenvalue weighted by molar-refractivity contribution is -0.118. The molecule has 1 heterocycles. The van der Waals surface area contributed by atoms with Crippen LogP contribution in [-0.4, -0.2) is 72.6 Å². The van der Waals surface area contributed by atoms with Crippen molar-refractivity contribution in [1.29, 1.82) is 0 Å². The third kappa shape index (κ3) is 6.85. The highest BCUT2D eigenvalue weighted by Gasteiger charge is 2.14. The first-order chi connectivity index (χ1) is 10.2. The van der Waals surface area contributed by atoms with Gasteiger partial charge in [-0.2, -0.15) is 0 Å². The zero-order chi connectivity index (χ0) is 15.5. The summed E-state index contributed by atoms with van der Waals surface area (Å²) in [6.07, 6.45) is 0.351. The van der Waals surface area contributed by atoms with Crippen molar-refractivity contribution in [2.75, 3.05) is 40.2 Å². The van der Waals surface area contributed by atoms with Crippen LogP contribution >= 0.6 is 11.8 Å². The molecule has 0 saturated heterocycles. The lowest BCUT2D eigenvalue weighted by Gasteiger charge is -2.13. The summed E-state index contributed by atoms with van der Waals surface area (Å²) in [5, 5.41) is 14.6. The number of methoxy groups -OCH3 is 3. The lowest BCUT2D eigenvalue weighted by Crippen LogP contribution is -2.27. The topological polar surface area (TPSA) is 100 Å². The molecule has 21 heavy (non-hydrogen) atoms. The average molecular weight is 319 g/mol. The zero-order valence-corrected chi connectivity index (χ0v) is 13.3. The summed E-state index contributed by atoms with van der Waals surface area (Å²) in [6, 6.07) is 0. The Morgan fingerprint density at radius 1 is 1.38 bits per heavy atom. The third-order valence-electron chi connectivity index (χ3n) is 2.53. The molecular weight excluding hydrogens is 298 g/mol. The van der Waals surface area contributed by atoms with Gasteiger partial charge in [0, 0.05) is 34.5 Å². The van der Waals surface area contributed by atoms with Crippen LogP contribution in [0, 0.1) is 0 Å². The van der Waals surface area contributed by atoms with Crippen LogP contribution in [0.2, 0.25) is 0 Å². The number of rotatable bonds is 11. The van der Waals surface area contributed by atoms with Crippen LogP contribution < -0.4 is 5.32 Å². The largest absolute Gasteiger partial charge is 0.385 e. The van der Waals surface area contributed by atoms with Crippen LogP contribution in [0.25, 0.3) is 0 Å². The zero-order valence-electron chi connectivity index (χ0n) is 12.4. The monoisotopic (exact) mass is 319 g/mol. The first-order valence-electron chi connectivity index (χ1n) is 6.41. The number of nitrogens with one attached hydrogen (secondary N) is 1. The average Bonchev–Trinajstić information content (AvgIpc) is 2.94. The van der Waals surface area contributed by atoms with Crippen molar-refractivity contribution < 1.29 is 19.0 Å². The third-order valence-corrected chi connectivity index (χ3v) is 3.48. The molecule has 0 saturated carbocycles. The van der Waals surface area contributed by atoms with Crippen LogP contribution in [-0.2, 0) is 25.5 Å². The smallest absolute Gasteiger partial charge is 0.230 e. The first kappa shape index (κ1) is 17.8. The van der Waals surface area contributed by atoms with Crippen molar-refractivity contribution >= 4 is 17.7 Å². The number of ether oxygens (including phenoxy) is 3. The highest BCUT2D eigenvalue weighted by atomic mass is 32.2. The molecule has 0 fully saturated rings. The second kappa shape index (κ2) is 10.5. The fourth-order valence-electron chi connectivity index (χ4n) is 1.43. The molecule has 0 aliphatic carbocycles. The first-order valence-corrected chi connectivity index (χ1v) is 7.40. The SMILES string of the molecule is COCCCNC(=O)CSc1nnnn1CC(OC)OC. The summed E-state index contributed by atoms with van der Waals surface area (Å²) in [6.45, 7) is 1.58. The Morgan fingerprint density at radius 2 is 2.14 bits per heavy atom. The van der Waals surface area contributed by atoms with Gasteiger partial charge in [-0.1, -0.05) is 11.8 Å². The van der Waals surface area contributed by atoms with Gasteiger partial charge in [-0.25, -0.2) is 4.68 Å². The Morgan fingerprint density at radius 3 is 2.81 bits per heavy atom. The normalized spacial score (nSPS) is 11.0. The van der Waals surface area contributed by atoms with Crippen LogP contribution in [0.5, 0.6) is 0 Å². The van der Waals surface area contributed by atoms with Crippen molar-refractivity contribution in [3.63, 3.8) is 0 Å². The van der Waals surface area contributed by atoms with Crippen molar-refractivity contribution in [2.45, 2.75) is 24.4 Å². The Labute approximate surface area is 127 Å². The number of aromatic nitrogens is 4. The maximum atomic E-state index is 11.6. The number of carbonyl (C=O) groups excluding carboxylic acids is 1.